The molecule has 0 aliphatic rings. The van der Waals surface area contributed by atoms with Crippen molar-refractivity contribution >= 4 is 12.9 Å². The predicted molar refractivity (Wildman–Crippen MR) is 116 cm³/mol. The zero-order chi connectivity index (χ0) is 21.7. The summed E-state index contributed by atoms with van der Waals surface area (Å²) in [5.74, 6) is 0.829. The van der Waals surface area contributed by atoms with Crippen LogP contribution in [0, 0.1) is 0 Å². The Balaban J connectivity index is 2.35. The predicted octanol–water partition coefficient (Wildman–Crippen LogP) is 3.70. The lowest BCUT2D eigenvalue weighted by Gasteiger charge is -2.24. The largest absolute Gasteiger partial charge is 0.492 e. The molecule has 0 heterocycles. The molecule has 158 valence electrons. The van der Waals surface area contributed by atoms with E-state index < -0.39 is 7.60 Å². The summed E-state index contributed by atoms with van der Waals surface area (Å²) in [7, 11) is -0.310. The van der Waals surface area contributed by atoms with E-state index in [1.807, 2.05) is 60.7 Å². The van der Waals surface area contributed by atoms with Crippen LogP contribution in [0.3, 0.4) is 0 Å². The summed E-state index contributed by atoms with van der Waals surface area (Å²) in [6.45, 7) is 0. The van der Waals surface area contributed by atoms with Gasteiger partial charge >= 0.3 is 7.60 Å². The molecule has 0 saturated heterocycles. The van der Waals surface area contributed by atoms with Gasteiger partial charge in [-0.1, -0.05) is 60.7 Å². The van der Waals surface area contributed by atoms with Crippen molar-refractivity contribution < 1.29 is 28.6 Å². The average molecular weight is 428 g/mol. The molecule has 0 aliphatic carbocycles. The lowest BCUT2D eigenvalue weighted by Crippen LogP contribution is -2.21. The van der Waals surface area contributed by atoms with E-state index in [2.05, 4.69) is 0 Å². The van der Waals surface area contributed by atoms with E-state index in [4.69, 9.17) is 14.2 Å². The number of ether oxygens (including phenoxy) is 3. The summed E-state index contributed by atoms with van der Waals surface area (Å²) in [4.78, 5) is 20.7. The molecule has 3 aromatic rings. The fraction of sp³-hybridized carbons (Fsp3) is 0.217. The minimum absolute atomic E-state index is 0.0790. The van der Waals surface area contributed by atoms with Gasteiger partial charge in [0.1, 0.15) is 0 Å². The maximum absolute atomic E-state index is 12.7. The van der Waals surface area contributed by atoms with Crippen LogP contribution in [0.1, 0.15) is 22.3 Å². The monoisotopic (exact) mass is 428 g/mol. The fourth-order valence-corrected chi connectivity index (χ4v) is 4.74. The van der Waals surface area contributed by atoms with E-state index in [0.29, 0.717) is 16.9 Å². The Bertz CT molecular complexity index is 974. The first-order chi connectivity index (χ1) is 14.4. The van der Waals surface area contributed by atoms with E-state index in [0.717, 1.165) is 11.1 Å². The highest BCUT2D eigenvalue weighted by molar-refractivity contribution is 7.60. The molecule has 0 saturated carbocycles. The summed E-state index contributed by atoms with van der Waals surface area (Å²) >= 11 is 0. The second-order valence-corrected chi connectivity index (χ2v) is 8.31. The molecule has 0 aromatic heterocycles. The van der Waals surface area contributed by atoms with E-state index in [1.165, 1.54) is 21.3 Å². The molecule has 0 bridgehead atoms. The second kappa shape index (κ2) is 9.35. The molecular formula is C23H25O6P. The summed E-state index contributed by atoms with van der Waals surface area (Å²) < 4.78 is 29.5. The highest BCUT2D eigenvalue weighted by Gasteiger charge is 2.34. The Kier molecular flexibility index (Phi) is 6.83. The van der Waals surface area contributed by atoms with Crippen molar-refractivity contribution in [2.45, 2.75) is 12.8 Å². The van der Waals surface area contributed by atoms with Gasteiger partial charge in [0, 0.05) is 24.0 Å². The second-order valence-electron chi connectivity index (χ2n) is 6.77. The van der Waals surface area contributed by atoms with Crippen molar-refractivity contribution in [1.82, 2.24) is 0 Å². The first-order valence-corrected chi connectivity index (χ1v) is 11.0. The van der Waals surface area contributed by atoms with E-state index in [1.54, 1.807) is 0 Å². The van der Waals surface area contributed by atoms with Gasteiger partial charge in [-0.3, -0.25) is 4.57 Å². The lowest BCUT2D eigenvalue weighted by atomic mass is 9.96. The van der Waals surface area contributed by atoms with Gasteiger partial charge < -0.3 is 24.0 Å². The number of hydrogen-bond donors (Lipinski definition) is 2. The molecule has 6 nitrogen and oxygen atoms in total. The SMILES string of the molecule is COc1c(Cc2ccccc2)c(P(=O)(O)O)c(Cc2ccccc2)c(OC)c1OC. The van der Waals surface area contributed by atoms with Crippen LogP contribution in [-0.2, 0) is 17.4 Å². The standard InChI is InChI=1S/C23H25O6P/c1-27-20-18(14-16-10-6-4-7-11-16)23(30(24,25)26)19(21(28-2)22(20)29-3)15-17-12-8-5-9-13-17/h4-13H,14-15H2,1-3H3,(H2,24,25,26). The van der Waals surface area contributed by atoms with Crippen LogP contribution >= 0.6 is 7.60 Å². The van der Waals surface area contributed by atoms with Crippen LogP contribution in [0.5, 0.6) is 17.2 Å². The van der Waals surface area contributed by atoms with Crippen molar-refractivity contribution in [2.24, 2.45) is 0 Å². The Hall–Kier alpha value is -2.79. The summed E-state index contributed by atoms with van der Waals surface area (Å²) in [6, 6.07) is 18.9. The molecule has 30 heavy (non-hydrogen) atoms. The Labute approximate surface area is 176 Å². The van der Waals surface area contributed by atoms with E-state index in [9.17, 15) is 14.4 Å². The molecule has 0 radical (unpaired) electrons. The van der Waals surface area contributed by atoms with Crippen LogP contribution < -0.4 is 19.5 Å². The minimum Gasteiger partial charge on any atom is -0.492 e. The molecular weight excluding hydrogens is 403 g/mol. The molecule has 0 fully saturated rings. The lowest BCUT2D eigenvalue weighted by molar-refractivity contribution is 0.320. The molecule has 2 N–H and O–H groups in total. The molecule has 0 spiro atoms. The summed E-state index contributed by atoms with van der Waals surface area (Å²) in [5.41, 5.74) is 2.56. The maximum Gasteiger partial charge on any atom is 0.357 e. The van der Waals surface area contributed by atoms with Gasteiger partial charge in [-0.25, -0.2) is 0 Å². The van der Waals surface area contributed by atoms with Gasteiger partial charge in [-0.2, -0.15) is 0 Å². The number of rotatable bonds is 8. The van der Waals surface area contributed by atoms with Gasteiger partial charge in [0.25, 0.3) is 0 Å². The van der Waals surface area contributed by atoms with Gasteiger partial charge in [0.2, 0.25) is 5.75 Å². The summed E-state index contributed by atoms with van der Waals surface area (Å²) in [6.07, 6.45) is 0.541. The first-order valence-electron chi connectivity index (χ1n) is 9.38. The van der Waals surface area contributed by atoms with Crippen LogP contribution in [0.25, 0.3) is 0 Å². The van der Waals surface area contributed by atoms with Gasteiger partial charge in [0.15, 0.2) is 11.5 Å². The number of methoxy groups -OCH3 is 3. The van der Waals surface area contributed by atoms with Crippen molar-refractivity contribution in [3.05, 3.63) is 82.9 Å². The van der Waals surface area contributed by atoms with Crippen molar-refractivity contribution in [2.75, 3.05) is 21.3 Å². The smallest absolute Gasteiger partial charge is 0.357 e. The molecule has 0 atom stereocenters. The highest BCUT2D eigenvalue weighted by atomic mass is 31.2. The minimum atomic E-state index is -4.69. The van der Waals surface area contributed by atoms with Crippen molar-refractivity contribution in [1.29, 1.82) is 0 Å². The van der Waals surface area contributed by atoms with Crippen LogP contribution in [0.4, 0.5) is 0 Å². The van der Waals surface area contributed by atoms with Crippen LogP contribution in [-0.4, -0.2) is 31.1 Å². The number of benzene rings is 3. The third-order valence-corrected chi connectivity index (χ3v) is 6.01. The van der Waals surface area contributed by atoms with Gasteiger partial charge in [0.05, 0.1) is 26.6 Å². The Morgan fingerprint density at radius 2 is 1.03 bits per heavy atom. The summed E-state index contributed by atoms with van der Waals surface area (Å²) in [5, 5.41) is -0.0790. The van der Waals surface area contributed by atoms with Crippen molar-refractivity contribution in [3.63, 3.8) is 0 Å². The van der Waals surface area contributed by atoms with Gasteiger partial charge in [-0.05, 0) is 11.1 Å². The number of hydrogen-bond acceptors (Lipinski definition) is 4. The zero-order valence-electron chi connectivity index (χ0n) is 17.2. The quantitative estimate of drug-likeness (QED) is 0.533. The molecule has 7 heteroatoms. The molecule has 3 aromatic carbocycles. The molecule has 0 aliphatic heterocycles. The Morgan fingerprint density at radius 3 is 1.33 bits per heavy atom. The zero-order valence-corrected chi connectivity index (χ0v) is 18.1. The van der Waals surface area contributed by atoms with Crippen LogP contribution in [0.2, 0.25) is 0 Å². The third kappa shape index (κ3) is 4.51. The Morgan fingerprint density at radius 1 is 0.667 bits per heavy atom. The highest BCUT2D eigenvalue weighted by Crippen LogP contribution is 2.49. The topological polar surface area (TPSA) is 85.2 Å². The maximum atomic E-state index is 12.7. The van der Waals surface area contributed by atoms with E-state index in [-0.39, 0.29) is 29.6 Å². The van der Waals surface area contributed by atoms with Gasteiger partial charge in [-0.15, -0.1) is 0 Å². The fourth-order valence-electron chi connectivity index (χ4n) is 3.67. The molecule has 3 rings (SSSR count). The normalized spacial score (nSPS) is 11.2. The molecule has 0 amide bonds. The first kappa shape index (κ1) is 21.9. The van der Waals surface area contributed by atoms with E-state index >= 15 is 0 Å². The average Bonchev–Trinajstić information content (AvgIpc) is 2.73. The van der Waals surface area contributed by atoms with Crippen molar-refractivity contribution in [3.8, 4) is 17.2 Å². The van der Waals surface area contributed by atoms with Crippen LogP contribution in [0.15, 0.2) is 60.7 Å². The molecule has 0 unspecified atom stereocenters. The third-order valence-electron chi connectivity index (χ3n) is 4.88.